The second-order valence-electron chi connectivity index (χ2n) is 6.74. The smallest absolute Gasteiger partial charge is 0.256 e. The number of hydrogen-bond acceptors (Lipinski definition) is 3. The standard InChI is InChI=1S/C23H15BrN4O/c24-16-5-8-20-18(12-16)19(23(29)26-20)10-15-3-6-17-21(27-28-22(17)11-15)7-4-14-2-1-9-25-13-14/h1-13H,(H,26,29)(H,27,28). The molecule has 5 nitrogen and oxygen atoms in total. The van der Waals surface area contributed by atoms with Crippen molar-refractivity contribution in [3.63, 3.8) is 0 Å². The van der Waals surface area contributed by atoms with E-state index in [1.807, 2.05) is 66.8 Å². The minimum Gasteiger partial charge on any atom is -0.321 e. The number of aromatic amines is 1. The first kappa shape index (κ1) is 17.6. The molecule has 6 heteroatoms. The number of H-pyrrole nitrogens is 1. The highest BCUT2D eigenvalue weighted by atomic mass is 79.9. The SMILES string of the molecule is O=C1Nc2ccc(Br)cc2C1=Cc1ccc2c(C=Cc3cccnc3)n[nH]c2c1. The van der Waals surface area contributed by atoms with Gasteiger partial charge in [0.1, 0.15) is 0 Å². The van der Waals surface area contributed by atoms with Crippen LogP contribution in [0.25, 0.3) is 34.7 Å². The van der Waals surface area contributed by atoms with E-state index in [2.05, 4.69) is 36.4 Å². The second-order valence-corrected chi connectivity index (χ2v) is 7.65. The molecule has 0 atom stereocenters. The summed E-state index contributed by atoms with van der Waals surface area (Å²) in [7, 11) is 0. The Bertz CT molecular complexity index is 1310. The first-order valence-corrected chi connectivity index (χ1v) is 9.86. The van der Waals surface area contributed by atoms with Crippen LogP contribution in [0.5, 0.6) is 0 Å². The first-order chi connectivity index (χ1) is 14.2. The van der Waals surface area contributed by atoms with Gasteiger partial charge in [0.25, 0.3) is 5.91 Å². The third-order valence-electron chi connectivity index (χ3n) is 4.81. The predicted octanol–water partition coefficient (Wildman–Crippen LogP) is 5.38. The normalized spacial score (nSPS) is 14.7. The zero-order chi connectivity index (χ0) is 19.8. The summed E-state index contributed by atoms with van der Waals surface area (Å²) in [6.45, 7) is 0. The maximum absolute atomic E-state index is 12.4. The molecule has 5 rings (SSSR count). The van der Waals surface area contributed by atoms with Gasteiger partial charge < -0.3 is 5.32 Å². The van der Waals surface area contributed by atoms with Crippen LogP contribution in [-0.4, -0.2) is 21.1 Å². The van der Waals surface area contributed by atoms with E-state index in [0.717, 1.165) is 43.4 Å². The number of pyridine rings is 1. The van der Waals surface area contributed by atoms with Gasteiger partial charge in [-0.05, 0) is 59.7 Å². The number of halogens is 1. The highest BCUT2D eigenvalue weighted by Crippen LogP contribution is 2.35. The number of carbonyl (C=O) groups is 1. The van der Waals surface area contributed by atoms with Gasteiger partial charge in [0, 0.05) is 39.1 Å². The number of nitrogens with zero attached hydrogens (tertiary/aromatic N) is 2. The lowest BCUT2D eigenvalue weighted by Gasteiger charge is -2.00. The molecule has 1 aliphatic rings. The predicted molar refractivity (Wildman–Crippen MR) is 120 cm³/mol. The number of aromatic nitrogens is 3. The summed E-state index contributed by atoms with van der Waals surface area (Å²) in [6, 6.07) is 15.7. The Balaban J connectivity index is 1.49. The zero-order valence-electron chi connectivity index (χ0n) is 15.2. The molecule has 140 valence electrons. The maximum Gasteiger partial charge on any atom is 0.256 e. The number of carbonyl (C=O) groups excluding carboxylic acids is 1. The van der Waals surface area contributed by atoms with Crippen molar-refractivity contribution in [2.24, 2.45) is 0 Å². The Hall–Kier alpha value is -3.51. The van der Waals surface area contributed by atoms with Crippen LogP contribution in [0.3, 0.4) is 0 Å². The summed E-state index contributed by atoms with van der Waals surface area (Å²) in [5.74, 6) is -0.0945. The lowest BCUT2D eigenvalue weighted by molar-refractivity contribution is -0.110. The van der Waals surface area contributed by atoms with Crippen LogP contribution in [0.15, 0.2) is 65.4 Å². The van der Waals surface area contributed by atoms with Gasteiger partial charge in [0.05, 0.1) is 11.2 Å². The van der Waals surface area contributed by atoms with E-state index in [4.69, 9.17) is 0 Å². The summed E-state index contributed by atoms with van der Waals surface area (Å²) in [4.78, 5) is 16.5. The second kappa shape index (κ2) is 7.14. The van der Waals surface area contributed by atoms with E-state index < -0.39 is 0 Å². The number of anilines is 1. The molecule has 0 radical (unpaired) electrons. The average Bonchev–Trinajstić information content (AvgIpc) is 3.28. The van der Waals surface area contributed by atoms with E-state index in [1.54, 1.807) is 12.4 Å². The quantitative estimate of drug-likeness (QED) is 0.418. The third kappa shape index (κ3) is 3.39. The van der Waals surface area contributed by atoms with Crippen LogP contribution >= 0.6 is 15.9 Å². The molecule has 2 aromatic heterocycles. The molecule has 3 heterocycles. The molecule has 0 aliphatic carbocycles. The fourth-order valence-electron chi connectivity index (χ4n) is 3.40. The van der Waals surface area contributed by atoms with Crippen molar-refractivity contribution in [1.29, 1.82) is 0 Å². The summed E-state index contributed by atoms with van der Waals surface area (Å²) >= 11 is 3.47. The van der Waals surface area contributed by atoms with Crippen molar-refractivity contribution in [3.05, 3.63) is 87.8 Å². The van der Waals surface area contributed by atoms with Gasteiger partial charge in [-0.2, -0.15) is 5.10 Å². The fourth-order valence-corrected chi connectivity index (χ4v) is 3.76. The number of nitrogens with one attached hydrogen (secondary N) is 2. The fraction of sp³-hybridized carbons (Fsp3) is 0. The van der Waals surface area contributed by atoms with Gasteiger partial charge in [0.15, 0.2) is 0 Å². The molecule has 2 aromatic carbocycles. The average molecular weight is 443 g/mol. The van der Waals surface area contributed by atoms with E-state index in [-0.39, 0.29) is 5.91 Å². The zero-order valence-corrected chi connectivity index (χ0v) is 16.8. The Morgan fingerprint density at radius 1 is 1.00 bits per heavy atom. The van der Waals surface area contributed by atoms with Gasteiger partial charge in [-0.3, -0.25) is 14.9 Å². The van der Waals surface area contributed by atoms with Crippen LogP contribution in [0.2, 0.25) is 0 Å². The van der Waals surface area contributed by atoms with E-state index >= 15 is 0 Å². The van der Waals surface area contributed by atoms with Crippen molar-refractivity contribution < 1.29 is 4.79 Å². The van der Waals surface area contributed by atoms with Gasteiger partial charge in [0.2, 0.25) is 0 Å². The van der Waals surface area contributed by atoms with Crippen molar-refractivity contribution >= 4 is 62.2 Å². The van der Waals surface area contributed by atoms with Gasteiger partial charge in [-0.1, -0.05) is 34.1 Å². The van der Waals surface area contributed by atoms with Crippen molar-refractivity contribution in [3.8, 4) is 0 Å². The Labute approximate surface area is 175 Å². The Morgan fingerprint density at radius 2 is 1.93 bits per heavy atom. The minimum absolute atomic E-state index is 0.0945. The highest BCUT2D eigenvalue weighted by Gasteiger charge is 2.24. The monoisotopic (exact) mass is 442 g/mol. The maximum atomic E-state index is 12.4. The Morgan fingerprint density at radius 3 is 2.79 bits per heavy atom. The molecular weight excluding hydrogens is 428 g/mol. The molecule has 0 fully saturated rings. The summed E-state index contributed by atoms with van der Waals surface area (Å²) in [6.07, 6.45) is 9.40. The molecule has 0 unspecified atom stereocenters. The number of rotatable bonds is 3. The first-order valence-electron chi connectivity index (χ1n) is 9.06. The molecule has 2 N–H and O–H groups in total. The van der Waals surface area contributed by atoms with E-state index in [0.29, 0.717) is 5.57 Å². The molecule has 1 amide bonds. The van der Waals surface area contributed by atoms with Crippen LogP contribution in [0, 0.1) is 0 Å². The Kier molecular flexibility index (Phi) is 4.33. The van der Waals surface area contributed by atoms with Crippen molar-refractivity contribution in [2.75, 3.05) is 5.32 Å². The molecule has 29 heavy (non-hydrogen) atoms. The summed E-state index contributed by atoms with van der Waals surface area (Å²) in [5.41, 5.74) is 6.10. The van der Waals surface area contributed by atoms with E-state index in [1.165, 1.54) is 0 Å². The summed E-state index contributed by atoms with van der Waals surface area (Å²) in [5, 5.41) is 11.4. The molecule has 1 aliphatic heterocycles. The van der Waals surface area contributed by atoms with Crippen LogP contribution in [0.4, 0.5) is 5.69 Å². The number of amides is 1. The lowest BCUT2D eigenvalue weighted by Crippen LogP contribution is -2.03. The van der Waals surface area contributed by atoms with Crippen molar-refractivity contribution in [1.82, 2.24) is 15.2 Å². The molecule has 4 aromatic rings. The van der Waals surface area contributed by atoms with Crippen LogP contribution in [0.1, 0.15) is 22.4 Å². The number of benzene rings is 2. The summed E-state index contributed by atoms with van der Waals surface area (Å²) < 4.78 is 0.938. The molecule has 0 saturated carbocycles. The number of fused-ring (bicyclic) bond motifs is 2. The van der Waals surface area contributed by atoms with Gasteiger partial charge >= 0.3 is 0 Å². The molecular formula is C23H15BrN4O. The number of hydrogen-bond donors (Lipinski definition) is 2. The molecule has 0 bridgehead atoms. The molecule has 0 spiro atoms. The van der Waals surface area contributed by atoms with Gasteiger partial charge in [-0.15, -0.1) is 0 Å². The minimum atomic E-state index is -0.0945. The topological polar surface area (TPSA) is 70.7 Å². The highest BCUT2D eigenvalue weighted by molar-refractivity contribution is 9.10. The van der Waals surface area contributed by atoms with Gasteiger partial charge in [-0.25, -0.2) is 0 Å². The van der Waals surface area contributed by atoms with Crippen LogP contribution in [-0.2, 0) is 4.79 Å². The molecule has 0 saturated heterocycles. The van der Waals surface area contributed by atoms with Crippen molar-refractivity contribution in [2.45, 2.75) is 0 Å². The largest absolute Gasteiger partial charge is 0.321 e. The van der Waals surface area contributed by atoms with E-state index in [9.17, 15) is 4.79 Å². The third-order valence-corrected chi connectivity index (χ3v) is 5.30. The van der Waals surface area contributed by atoms with Crippen LogP contribution < -0.4 is 5.32 Å². The lowest BCUT2D eigenvalue weighted by atomic mass is 10.0.